The van der Waals surface area contributed by atoms with Crippen LogP contribution >= 0.6 is 0 Å². The maximum absolute atomic E-state index is 12.9. The van der Waals surface area contributed by atoms with Crippen LogP contribution in [0.25, 0.3) is 0 Å². The largest absolute Gasteiger partial charge is 0.493 e. The van der Waals surface area contributed by atoms with Crippen LogP contribution in [0.3, 0.4) is 0 Å². The van der Waals surface area contributed by atoms with E-state index < -0.39 is 17.9 Å². The molecule has 1 unspecified atom stereocenters. The number of ether oxygens (including phenoxy) is 4. The first-order chi connectivity index (χ1) is 15.4. The van der Waals surface area contributed by atoms with Gasteiger partial charge in [0.25, 0.3) is 0 Å². The highest BCUT2D eigenvalue weighted by Crippen LogP contribution is 2.44. The van der Waals surface area contributed by atoms with Crippen LogP contribution in [-0.4, -0.2) is 44.7 Å². The normalized spacial score (nSPS) is 18.0. The summed E-state index contributed by atoms with van der Waals surface area (Å²) in [6, 6.07) is 5.18. The number of rotatable bonds is 8. The Morgan fingerprint density at radius 3 is 2.53 bits per heavy atom. The summed E-state index contributed by atoms with van der Waals surface area (Å²) in [4.78, 5) is 37.4. The van der Waals surface area contributed by atoms with Crippen molar-refractivity contribution in [3.63, 3.8) is 0 Å². The first-order valence-corrected chi connectivity index (χ1v) is 10.8. The van der Waals surface area contributed by atoms with Gasteiger partial charge in [-0.2, -0.15) is 0 Å². The zero-order valence-electron chi connectivity index (χ0n) is 18.9. The van der Waals surface area contributed by atoms with Gasteiger partial charge in [-0.25, -0.2) is 9.59 Å². The molecule has 0 saturated heterocycles. The molecule has 8 nitrogen and oxygen atoms in total. The maximum atomic E-state index is 12.9. The van der Waals surface area contributed by atoms with E-state index in [1.807, 2.05) is 6.92 Å². The molecule has 0 aromatic heterocycles. The molecule has 8 heteroatoms. The lowest BCUT2D eigenvalue weighted by atomic mass is 9.75. The second-order valence-electron chi connectivity index (χ2n) is 7.49. The number of carbonyl (C=O) groups excluding carboxylic acids is 3. The van der Waals surface area contributed by atoms with Crippen LogP contribution in [0.2, 0.25) is 0 Å². The fourth-order valence-electron chi connectivity index (χ4n) is 4.12. The fourth-order valence-corrected chi connectivity index (χ4v) is 4.12. The molecule has 0 amide bonds. The fraction of sp³-hybridized carbons (Fsp3) is 0.458. The number of esters is 2. The summed E-state index contributed by atoms with van der Waals surface area (Å²) in [5.74, 6) is -0.764. The highest BCUT2D eigenvalue weighted by molar-refractivity contribution is 6.03. The lowest BCUT2D eigenvalue weighted by Gasteiger charge is -2.34. The first kappa shape index (κ1) is 23.4. The summed E-state index contributed by atoms with van der Waals surface area (Å²) >= 11 is 0. The number of methoxy groups -OCH3 is 1. The third-order valence-corrected chi connectivity index (χ3v) is 5.44. The van der Waals surface area contributed by atoms with Crippen molar-refractivity contribution in [3.05, 3.63) is 46.3 Å². The molecule has 0 bridgehead atoms. The molecule has 1 aliphatic carbocycles. The Morgan fingerprint density at radius 2 is 1.84 bits per heavy atom. The SMILES string of the molecule is CCOC(=O)COc1ccc(C2C(C(=O)OCC)=C(C)NC3=C2C(=O)CCC3)cc1OC. The minimum Gasteiger partial charge on any atom is -0.493 e. The van der Waals surface area contributed by atoms with E-state index in [1.54, 1.807) is 32.0 Å². The molecule has 0 fully saturated rings. The van der Waals surface area contributed by atoms with E-state index in [-0.39, 0.29) is 25.6 Å². The van der Waals surface area contributed by atoms with Gasteiger partial charge in [0, 0.05) is 29.3 Å². The van der Waals surface area contributed by atoms with Crippen molar-refractivity contribution in [3.8, 4) is 11.5 Å². The van der Waals surface area contributed by atoms with E-state index in [0.717, 1.165) is 18.5 Å². The molecule has 1 aliphatic heterocycles. The monoisotopic (exact) mass is 443 g/mol. The number of ketones is 1. The molecule has 3 rings (SSSR count). The molecule has 1 heterocycles. The Kier molecular flexibility index (Phi) is 7.56. The molecule has 32 heavy (non-hydrogen) atoms. The Hall–Kier alpha value is -3.29. The summed E-state index contributed by atoms with van der Waals surface area (Å²) in [5, 5.41) is 3.25. The number of dihydropyridines is 1. The van der Waals surface area contributed by atoms with Gasteiger partial charge in [0.15, 0.2) is 23.9 Å². The number of hydrogen-bond acceptors (Lipinski definition) is 8. The molecule has 1 atom stereocenters. The van der Waals surface area contributed by atoms with Crippen LogP contribution in [0.15, 0.2) is 40.7 Å². The summed E-state index contributed by atoms with van der Waals surface area (Å²) in [5.41, 5.74) is 3.22. The van der Waals surface area contributed by atoms with Crippen molar-refractivity contribution in [1.29, 1.82) is 0 Å². The van der Waals surface area contributed by atoms with E-state index in [2.05, 4.69) is 5.32 Å². The van der Waals surface area contributed by atoms with Crippen molar-refractivity contribution in [2.75, 3.05) is 26.9 Å². The molecule has 172 valence electrons. The minimum atomic E-state index is -0.578. The van der Waals surface area contributed by atoms with Crippen molar-refractivity contribution >= 4 is 17.7 Å². The van der Waals surface area contributed by atoms with Gasteiger partial charge in [0.1, 0.15) is 0 Å². The quantitative estimate of drug-likeness (QED) is 0.612. The zero-order chi connectivity index (χ0) is 23.3. The topological polar surface area (TPSA) is 100 Å². The lowest BCUT2D eigenvalue weighted by Crippen LogP contribution is -2.34. The van der Waals surface area contributed by atoms with Gasteiger partial charge in [-0.3, -0.25) is 4.79 Å². The summed E-state index contributed by atoms with van der Waals surface area (Å²) < 4.78 is 21.2. The maximum Gasteiger partial charge on any atom is 0.344 e. The highest BCUT2D eigenvalue weighted by Gasteiger charge is 2.39. The second-order valence-corrected chi connectivity index (χ2v) is 7.49. The van der Waals surface area contributed by atoms with Crippen LogP contribution in [0, 0.1) is 0 Å². The minimum absolute atomic E-state index is 0.0136. The molecule has 1 aromatic rings. The van der Waals surface area contributed by atoms with Gasteiger partial charge in [-0.1, -0.05) is 6.07 Å². The number of Topliss-reactive ketones (excluding diaryl/α,β-unsaturated/α-hetero) is 1. The molecular weight excluding hydrogens is 414 g/mol. The molecule has 0 spiro atoms. The average Bonchev–Trinajstić information content (AvgIpc) is 2.77. The zero-order valence-corrected chi connectivity index (χ0v) is 18.9. The van der Waals surface area contributed by atoms with E-state index >= 15 is 0 Å². The van der Waals surface area contributed by atoms with Crippen molar-refractivity contribution in [1.82, 2.24) is 5.32 Å². The third-order valence-electron chi connectivity index (χ3n) is 5.44. The van der Waals surface area contributed by atoms with Crippen LogP contribution in [0.5, 0.6) is 11.5 Å². The number of carbonyl (C=O) groups is 3. The van der Waals surface area contributed by atoms with Crippen molar-refractivity contribution < 1.29 is 33.3 Å². The van der Waals surface area contributed by atoms with E-state index in [9.17, 15) is 14.4 Å². The predicted molar refractivity (Wildman–Crippen MR) is 116 cm³/mol. The predicted octanol–water partition coefficient (Wildman–Crippen LogP) is 3.17. The lowest BCUT2D eigenvalue weighted by molar-refractivity contribution is -0.145. The Morgan fingerprint density at radius 1 is 1.09 bits per heavy atom. The number of benzene rings is 1. The average molecular weight is 443 g/mol. The van der Waals surface area contributed by atoms with Gasteiger partial charge >= 0.3 is 11.9 Å². The summed E-state index contributed by atoms with van der Waals surface area (Å²) in [6.07, 6.45) is 1.94. The van der Waals surface area contributed by atoms with Crippen LogP contribution < -0.4 is 14.8 Å². The molecular formula is C24H29NO7. The summed E-state index contributed by atoms with van der Waals surface area (Å²) in [6.45, 7) is 5.52. The molecule has 1 N–H and O–H groups in total. The number of allylic oxidation sites excluding steroid dienone is 3. The van der Waals surface area contributed by atoms with Gasteiger partial charge in [0.05, 0.1) is 25.9 Å². The highest BCUT2D eigenvalue weighted by atomic mass is 16.6. The van der Waals surface area contributed by atoms with E-state index in [4.69, 9.17) is 18.9 Å². The van der Waals surface area contributed by atoms with Gasteiger partial charge in [-0.15, -0.1) is 0 Å². The molecule has 2 aliphatic rings. The molecule has 0 saturated carbocycles. The van der Waals surface area contributed by atoms with Crippen LogP contribution in [0.1, 0.15) is 51.5 Å². The number of hydrogen-bond donors (Lipinski definition) is 1. The van der Waals surface area contributed by atoms with Crippen LogP contribution in [-0.2, 0) is 23.9 Å². The standard InChI is InChI=1S/C24H29NO7/c1-5-30-20(27)13-32-18-11-10-15(12-19(18)29-4)22-21(24(28)31-6-2)14(3)25-16-8-7-9-17(26)23(16)22/h10-12,22,25H,5-9,13H2,1-4H3. The van der Waals surface area contributed by atoms with Crippen molar-refractivity contribution in [2.24, 2.45) is 0 Å². The van der Waals surface area contributed by atoms with E-state index in [1.165, 1.54) is 7.11 Å². The molecule has 1 aromatic carbocycles. The van der Waals surface area contributed by atoms with Gasteiger partial charge in [0.2, 0.25) is 0 Å². The Bertz CT molecular complexity index is 977. The van der Waals surface area contributed by atoms with Gasteiger partial charge in [-0.05, 0) is 51.3 Å². The first-order valence-electron chi connectivity index (χ1n) is 10.8. The number of nitrogens with one attached hydrogen (secondary N) is 1. The van der Waals surface area contributed by atoms with Crippen LogP contribution in [0.4, 0.5) is 0 Å². The van der Waals surface area contributed by atoms with Crippen molar-refractivity contribution in [2.45, 2.75) is 46.0 Å². The third kappa shape index (κ3) is 4.79. The summed E-state index contributed by atoms with van der Waals surface area (Å²) in [7, 11) is 1.49. The van der Waals surface area contributed by atoms with Gasteiger partial charge < -0.3 is 24.3 Å². The Balaban J connectivity index is 2.03. The Labute approximate surface area is 187 Å². The molecule has 0 radical (unpaired) electrons. The smallest absolute Gasteiger partial charge is 0.344 e. The second kappa shape index (κ2) is 10.3. The van der Waals surface area contributed by atoms with E-state index in [0.29, 0.717) is 40.3 Å².